The summed E-state index contributed by atoms with van der Waals surface area (Å²) in [5.74, 6) is -1.06. The van der Waals surface area contributed by atoms with E-state index < -0.39 is 5.97 Å². The maximum atomic E-state index is 10.6. The molecule has 0 fully saturated rings. The van der Waals surface area contributed by atoms with E-state index >= 15 is 0 Å². The van der Waals surface area contributed by atoms with Crippen molar-refractivity contribution in [2.75, 3.05) is 5.73 Å². The molecule has 0 atom stereocenters. The summed E-state index contributed by atoms with van der Waals surface area (Å²) < 4.78 is 5.01. The molecule has 0 aliphatic heterocycles. The van der Waals surface area contributed by atoms with Gasteiger partial charge in [-0.25, -0.2) is 14.8 Å². The second kappa shape index (κ2) is 4.23. The molecule has 0 unspecified atom stereocenters. The second-order valence-corrected chi connectivity index (χ2v) is 3.76. The molecule has 0 aliphatic rings. The second-order valence-electron chi connectivity index (χ2n) is 2.82. The van der Waals surface area contributed by atoms with Crippen molar-refractivity contribution < 1.29 is 14.3 Å². The first-order valence-electron chi connectivity index (χ1n) is 4.23. The van der Waals surface area contributed by atoms with Crippen molar-refractivity contribution in [1.29, 1.82) is 0 Å². The van der Waals surface area contributed by atoms with E-state index in [0.29, 0.717) is 10.2 Å². The summed E-state index contributed by atoms with van der Waals surface area (Å²) in [6, 6.07) is 1.35. The van der Waals surface area contributed by atoms with Crippen LogP contribution in [0, 0.1) is 0 Å². The van der Waals surface area contributed by atoms with Crippen LogP contribution in [0.5, 0.6) is 0 Å². The third-order valence-corrected chi connectivity index (χ3v) is 2.63. The first kappa shape index (κ1) is 10.5. The fourth-order valence-electron chi connectivity index (χ4n) is 1.01. The fourth-order valence-corrected chi connectivity index (χ4v) is 1.68. The lowest BCUT2D eigenvalue weighted by Crippen LogP contribution is -2.00. The summed E-state index contributed by atoms with van der Waals surface area (Å²) in [7, 11) is 0. The monoisotopic (exact) mass is 237 g/mol. The van der Waals surface area contributed by atoms with Gasteiger partial charge in [0.1, 0.15) is 11.3 Å². The molecular formula is C9H7N3O3S. The summed E-state index contributed by atoms with van der Waals surface area (Å²) in [6.07, 6.45) is 4.18. The van der Waals surface area contributed by atoms with Crippen LogP contribution >= 0.6 is 11.8 Å². The number of rotatable bonds is 3. The van der Waals surface area contributed by atoms with Gasteiger partial charge in [0.15, 0.2) is 0 Å². The molecule has 0 bridgehead atoms. The Morgan fingerprint density at radius 1 is 1.50 bits per heavy atom. The standard InChI is InChI=1S/C9H7N3O3S/c10-6-3-5(8(13)14)4-12-7(6)16-9-11-1-2-15-9/h1-4H,10H2,(H,13,14). The molecule has 7 heteroatoms. The zero-order valence-electron chi connectivity index (χ0n) is 7.95. The van der Waals surface area contributed by atoms with Gasteiger partial charge in [0, 0.05) is 6.20 Å². The van der Waals surface area contributed by atoms with Gasteiger partial charge in [0.25, 0.3) is 5.22 Å². The van der Waals surface area contributed by atoms with Crippen LogP contribution < -0.4 is 5.73 Å². The third-order valence-electron chi connectivity index (χ3n) is 1.72. The Bertz CT molecular complexity index is 513. The smallest absolute Gasteiger partial charge is 0.337 e. The van der Waals surface area contributed by atoms with Crippen LogP contribution in [0.15, 0.2) is 39.4 Å². The number of carbonyl (C=O) groups is 1. The molecule has 0 amide bonds. The SMILES string of the molecule is Nc1cc(C(=O)O)cnc1Sc1ncco1. The number of aromatic carboxylic acids is 1. The van der Waals surface area contributed by atoms with Gasteiger partial charge in [0.2, 0.25) is 0 Å². The van der Waals surface area contributed by atoms with Crippen molar-refractivity contribution in [2.24, 2.45) is 0 Å². The van der Waals surface area contributed by atoms with Crippen molar-refractivity contribution in [3.05, 3.63) is 30.3 Å². The molecular weight excluding hydrogens is 230 g/mol. The number of carboxylic acid groups (broad SMARTS) is 1. The molecule has 16 heavy (non-hydrogen) atoms. The van der Waals surface area contributed by atoms with Gasteiger partial charge in [-0.3, -0.25) is 0 Å². The van der Waals surface area contributed by atoms with Crippen molar-refractivity contribution in [2.45, 2.75) is 10.2 Å². The Morgan fingerprint density at radius 2 is 2.31 bits per heavy atom. The van der Waals surface area contributed by atoms with Crippen molar-refractivity contribution in [3.8, 4) is 0 Å². The minimum Gasteiger partial charge on any atom is -0.478 e. The van der Waals surface area contributed by atoms with Crippen LogP contribution in [0.1, 0.15) is 10.4 Å². The Balaban J connectivity index is 2.26. The van der Waals surface area contributed by atoms with E-state index in [1.807, 2.05) is 0 Å². The number of carboxylic acids is 1. The summed E-state index contributed by atoms with van der Waals surface area (Å²) >= 11 is 1.13. The largest absolute Gasteiger partial charge is 0.478 e. The van der Waals surface area contributed by atoms with Gasteiger partial charge in [-0.2, -0.15) is 0 Å². The summed E-state index contributed by atoms with van der Waals surface area (Å²) in [4.78, 5) is 18.5. The van der Waals surface area contributed by atoms with E-state index in [2.05, 4.69) is 9.97 Å². The summed E-state index contributed by atoms with van der Waals surface area (Å²) in [6.45, 7) is 0. The average molecular weight is 237 g/mol. The number of nitrogen functional groups attached to an aromatic ring is 1. The molecule has 0 spiro atoms. The predicted octanol–water partition coefficient (Wildman–Crippen LogP) is 1.50. The molecule has 0 aliphatic carbocycles. The summed E-state index contributed by atoms with van der Waals surface area (Å²) in [5.41, 5.74) is 5.99. The molecule has 2 aromatic rings. The Hall–Kier alpha value is -2.02. The van der Waals surface area contributed by atoms with Crippen molar-refractivity contribution in [1.82, 2.24) is 9.97 Å². The van der Waals surface area contributed by atoms with Gasteiger partial charge in [0.05, 0.1) is 17.4 Å². The number of hydrogen-bond donors (Lipinski definition) is 2. The lowest BCUT2D eigenvalue weighted by atomic mass is 10.3. The molecule has 3 N–H and O–H groups in total. The van der Waals surface area contributed by atoms with Crippen molar-refractivity contribution in [3.63, 3.8) is 0 Å². The molecule has 82 valence electrons. The van der Waals surface area contributed by atoms with Gasteiger partial charge >= 0.3 is 5.97 Å². The van der Waals surface area contributed by atoms with E-state index in [-0.39, 0.29) is 11.3 Å². The molecule has 2 aromatic heterocycles. The van der Waals surface area contributed by atoms with Crippen LogP contribution in [0.2, 0.25) is 0 Å². The molecule has 2 rings (SSSR count). The highest BCUT2D eigenvalue weighted by molar-refractivity contribution is 7.99. The first-order valence-corrected chi connectivity index (χ1v) is 5.04. The van der Waals surface area contributed by atoms with Gasteiger partial charge in [-0.1, -0.05) is 0 Å². The maximum Gasteiger partial charge on any atom is 0.337 e. The number of anilines is 1. The van der Waals surface area contributed by atoms with Crippen LogP contribution in [-0.4, -0.2) is 21.0 Å². The summed E-state index contributed by atoms with van der Waals surface area (Å²) in [5, 5.41) is 9.59. The number of nitrogens with zero attached hydrogens (tertiary/aromatic N) is 2. The van der Waals surface area contributed by atoms with E-state index in [0.717, 1.165) is 11.8 Å². The minimum absolute atomic E-state index is 0.0502. The quantitative estimate of drug-likeness (QED) is 0.833. The van der Waals surface area contributed by atoms with E-state index in [9.17, 15) is 4.79 Å². The highest BCUT2D eigenvalue weighted by Gasteiger charge is 2.10. The third kappa shape index (κ3) is 2.14. The zero-order valence-corrected chi connectivity index (χ0v) is 8.77. The van der Waals surface area contributed by atoms with Crippen LogP contribution in [0.25, 0.3) is 0 Å². The topological polar surface area (TPSA) is 102 Å². The molecule has 2 heterocycles. The van der Waals surface area contributed by atoms with Crippen LogP contribution in [-0.2, 0) is 0 Å². The maximum absolute atomic E-state index is 10.6. The van der Waals surface area contributed by atoms with Gasteiger partial charge in [-0.05, 0) is 17.8 Å². The van der Waals surface area contributed by atoms with E-state index in [1.54, 1.807) is 0 Å². The van der Waals surface area contributed by atoms with E-state index in [4.69, 9.17) is 15.3 Å². The fraction of sp³-hybridized carbons (Fsp3) is 0. The normalized spacial score (nSPS) is 10.2. The number of pyridine rings is 1. The highest BCUT2D eigenvalue weighted by Crippen LogP contribution is 2.29. The lowest BCUT2D eigenvalue weighted by Gasteiger charge is -2.02. The molecule has 0 saturated carbocycles. The average Bonchev–Trinajstić information content (AvgIpc) is 2.73. The van der Waals surface area contributed by atoms with Gasteiger partial charge in [-0.15, -0.1) is 0 Å². The molecule has 0 saturated heterocycles. The predicted molar refractivity (Wildman–Crippen MR) is 56.2 cm³/mol. The Kier molecular flexibility index (Phi) is 2.78. The Labute approximate surface area is 94.5 Å². The number of hydrogen-bond acceptors (Lipinski definition) is 6. The first-order chi connectivity index (χ1) is 7.66. The zero-order chi connectivity index (χ0) is 11.5. The van der Waals surface area contributed by atoms with E-state index in [1.165, 1.54) is 24.7 Å². The van der Waals surface area contributed by atoms with Gasteiger partial charge < -0.3 is 15.3 Å². The lowest BCUT2D eigenvalue weighted by molar-refractivity contribution is 0.0696. The molecule has 0 radical (unpaired) electrons. The van der Waals surface area contributed by atoms with Crippen LogP contribution in [0.4, 0.5) is 5.69 Å². The minimum atomic E-state index is -1.06. The van der Waals surface area contributed by atoms with Crippen molar-refractivity contribution >= 4 is 23.4 Å². The number of oxazole rings is 1. The van der Waals surface area contributed by atoms with Crippen LogP contribution in [0.3, 0.4) is 0 Å². The molecule has 6 nitrogen and oxygen atoms in total. The highest BCUT2D eigenvalue weighted by atomic mass is 32.2. The number of nitrogens with two attached hydrogens (primary N) is 1. The molecule has 0 aromatic carbocycles. The number of aromatic nitrogens is 2. The Morgan fingerprint density at radius 3 is 2.88 bits per heavy atom.